The van der Waals surface area contributed by atoms with Crippen molar-refractivity contribution in [3.8, 4) is 0 Å². The highest BCUT2D eigenvalue weighted by Gasteiger charge is 2.91. The molecule has 0 atom stereocenters. The molecule has 15 heteroatoms. The summed E-state index contributed by atoms with van der Waals surface area (Å²) < 4.78 is 171. The molecule has 0 saturated carbocycles. The molecule has 0 aromatic carbocycles. The van der Waals surface area contributed by atoms with E-state index in [-0.39, 0.29) is 4.90 Å². The van der Waals surface area contributed by atoms with E-state index in [9.17, 15) is 61.9 Å². The third-order valence-corrected chi connectivity index (χ3v) is 3.66. The quantitative estimate of drug-likeness (QED) is 0.383. The van der Waals surface area contributed by atoms with E-state index in [0.717, 1.165) is 0 Å². The molecule has 0 rings (SSSR count). The Morgan fingerprint density at radius 3 is 1.17 bits per heavy atom. The minimum atomic E-state index is -8.02. The van der Waals surface area contributed by atoms with Crippen LogP contribution in [0.5, 0.6) is 0 Å². The Balaban J connectivity index is 6.43. The number of carbonyl (C=O) groups is 1. The summed E-state index contributed by atoms with van der Waals surface area (Å²) in [6, 6.07) is 0. The number of hydrogen-bond donors (Lipinski definition) is 0. The van der Waals surface area contributed by atoms with Gasteiger partial charge in [-0.3, -0.25) is 4.79 Å². The van der Waals surface area contributed by atoms with Crippen molar-refractivity contribution < 1.29 is 61.9 Å². The topological polar surface area (TPSA) is 20.3 Å². The lowest BCUT2D eigenvalue weighted by Crippen LogP contribution is -2.72. The van der Waals surface area contributed by atoms with Gasteiger partial charge in [-0.05, 0) is 11.8 Å². The summed E-state index contributed by atoms with van der Waals surface area (Å²) in [4.78, 5) is 11.7. The monoisotopic (exact) mass is 475 g/mol. The Hall–Kier alpha value is -1.44. The lowest BCUT2D eigenvalue weighted by Gasteiger charge is -2.40. The maximum absolute atomic E-state index is 14.0. The van der Waals surface area contributed by atoms with Crippen LogP contribution >= 0.6 is 0 Å². The average Bonchev–Trinajstić information content (AvgIpc) is 2.50. The first-order chi connectivity index (χ1) is 12.9. The van der Waals surface area contributed by atoms with Gasteiger partial charge in [0.25, 0.3) is 5.91 Å². The Morgan fingerprint density at radius 2 is 0.900 bits per heavy atom. The summed E-state index contributed by atoms with van der Waals surface area (Å²) in [5.74, 6) is -42.7. The molecule has 30 heavy (non-hydrogen) atoms. The number of nitrogens with zero attached hydrogens (tertiary/aromatic N) is 1. The van der Waals surface area contributed by atoms with Crippen molar-refractivity contribution in [1.82, 2.24) is 4.90 Å². The van der Waals surface area contributed by atoms with Crippen molar-refractivity contribution in [3.63, 3.8) is 0 Å². The van der Waals surface area contributed by atoms with E-state index in [1.165, 1.54) is 27.7 Å². The maximum Gasteiger partial charge on any atom is 0.460 e. The highest BCUT2D eigenvalue weighted by atomic mass is 19.4. The molecule has 0 N–H and O–H groups in total. The molecule has 0 aliphatic rings. The van der Waals surface area contributed by atoms with E-state index < -0.39 is 66.6 Å². The van der Waals surface area contributed by atoms with E-state index >= 15 is 0 Å². The molecule has 0 aromatic heterocycles. The molecule has 0 aliphatic heterocycles. The molecule has 0 saturated heterocycles. The SMILES string of the molecule is CC(C)CN(CC(C)C)C(=O)C(F)(F)C(F)(F)C(F)(F)C(F)(F)C(F)(F)C(F)(F)F. The van der Waals surface area contributed by atoms with Crippen LogP contribution in [0.2, 0.25) is 0 Å². The van der Waals surface area contributed by atoms with Gasteiger partial charge >= 0.3 is 35.8 Å². The van der Waals surface area contributed by atoms with Crippen molar-refractivity contribution in [3.05, 3.63) is 0 Å². The van der Waals surface area contributed by atoms with Gasteiger partial charge in [0.05, 0.1) is 0 Å². The van der Waals surface area contributed by atoms with Crippen molar-refractivity contribution in [2.45, 2.75) is 63.5 Å². The van der Waals surface area contributed by atoms with Crippen LogP contribution in [-0.4, -0.2) is 59.7 Å². The molecule has 0 unspecified atom stereocenters. The number of carbonyl (C=O) groups excluding carboxylic acids is 1. The number of amides is 1. The van der Waals surface area contributed by atoms with Gasteiger partial charge in [0, 0.05) is 13.1 Å². The van der Waals surface area contributed by atoms with Crippen molar-refractivity contribution >= 4 is 5.91 Å². The van der Waals surface area contributed by atoms with Gasteiger partial charge in [0.1, 0.15) is 0 Å². The number of hydrogen-bond acceptors (Lipinski definition) is 1. The molecular formula is C15H18F13NO. The zero-order chi connectivity index (χ0) is 24.7. The summed E-state index contributed by atoms with van der Waals surface area (Å²) in [6.07, 6.45) is -7.49. The van der Waals surface area contributed by atoms with Gasteiger partial charge in [0.15, 0.2) is 0 Å². The third-order valence-electron chi connectivity index (χ3n) is 3.66. The number of alkyl halides is 13. The van der Waals surface area contributed by atoms with Crippen LogP contribution in [0.3, 0.4) is 0 Å². The van der Waals surface area contributed by atoms with Crippen LogP contribution in [0.15, 0.2) is 0 Å². The standard InChI is InChI=1S/C15H18F13NO/c1-7(2)5-29(6-8(3)4)9(30)10(16,17)11(18,19)12(20,21)13(22,23)14(24,25)15(26,27)28/h7-8H,5-6H2,1-4H3. The second-order valence-corrected chi connectivity index (χ2v) is 7.37. The molecule has 0 aromatic rings. The molecule has 0 radical (unpaired) electrons. The zero-order valence-electron chi connectivity index (χ0n) is 15.8. The fourth-order valence-corrected chi connectivity index (χ4v) is 2.22. The molecule has 0 spiro atoms. The zero-order valence-corrected chi connectivity index (χ0v) is 15.8. The van der Waals surface area contributed by atoms with Crippen LogP contribution in [0.25, 0.3) is 0 Å². The van der Waals surface area contributed by atoms with Gasteiger partial charge < -0.3 is 4.90 Å². The molecule has 1 amide bonds. The summed E-state index contributed by atoms with van der Waals surface area (Å²) in [5, 5.41) is 0. The largest absolute Gasteiger partial charge is 0.460 e. The lowest BCUT2D eigenvalue weighted by molar-refractivity contribution is -0.436. The number of rotatable bonds is 9. The van der Waals surface area contributed by atoms with Gasteiger partial charge in [-0.2, -0.15) is 57.1 Å². The smallest absolute Gasteiger partial charge is 0.337 e. The minimum absolute atomic E-state index is 0.0840. The Bertz CT molecular complexity index is 600. The first-order valence-corrected chi connectivity index (χ1v) is 8.14. The second kappa shape index (κ2) is 8.24. The molecule has 0 heterocycles. The second-order valence-electron chi connectivity index (χ2n) is 7.37. The summed E-state index contributed by atoms with van der Waals surface area (Å²) in [5.41, 5.74) is 0. The van der Waals surface area contributed by atoms with E-state index in [1.54, 1.807) is 0 Å². The fourth-order valence-electron chi connectivity index (χ4n) is 2.22. The summed E-state index contributed by atoms with van der Waals surface area (Å²) >= 11 is 0. The molecule has 180 valence electrons. The van der Waals surface area contributed by atoms with Crippen LogP contribution in [0.4, 0.5) is 57.1 Å². The molecule has 0 bridgehead atoms. The molecule has 2 nitrogen and oxygen atoms in total. The van der Waals surface area contributed by atoms with E-state index in [2.05, 4.69) is 0 Å². The van der Waals surface area contributed by atoms with Crippen LogP contribution in [0, 0.1) is 11.8 Å². The molecule has 0 aliphatic carbocycles. The predicted octanol–water partition coefficient (Wildman–Crippen LogP) is 5.87. The van der Waals surface area contributed by atoms with Crippen LogP contribution < -0.4 is 0 Å². The number of halogens is 13. The average molecular weight is 475 g/mol. The predicted molar refractivity (Wildman–Crippen MR) is 77.0 cm³/mol. The normalized spacial score (nSPS) is 15.2. The Labute approximate surface area is 162 Å². The lowest BCUT2D eigenvalue weighted by atomic mass is 9.93. The molecular weight excluding hydrogens is 457 g/mol. The fraction of sp³-hybridized carbons (Fsp3) is 0.933. The van der Waals surface area contributed by atoms with Crippen molar-refractivity contribution in [2.24, 2.45) is 11.8 Å². The van der Waals surface area contributed by atoms with Gasteiger partial charge in [0.2, 0.25) is 0 Å². The first kappa shape index (κ1) is 28.6. The Morgan fingerprint density at radius 1 is 0.600 bits per heavy atom. The highest BCUT2D eigenvalue weighted by molar-refractivity contribution is 5.85. The van der Waals surface area contributed by atoms with Gasteiger partial charge in [-0.15, -0.1) is 0 Å². The van der Waals surface area contributed by atoms with Crippen LogP contribution in [0.1, 0.15) is 27.7 Å². The van der Waals surface area contributed by atoms with E-state index in [1.807, 2.05) is 0 Å². The highest BCUT2D eigenvalue weighted by Crippen LogP contribution is 2.60. The summed E-state index contributed by atoms with van der Waals surface area (Å²) in [6.45, 7) is 3.63. The summed E-state index contributed by atoms with van der Waals surface area (Å²) in [7, 11) is 0. The third kappa shape index (κ3) is 4.58. The van der Waals surface area contributed by atoms with E-state index in [4.69, 9.17) is 0 Å². The van der Waals surface area contributed by atoms with E-state index in [0.29, 0.717) is 0 Å². The van der Waals surface area contributed by atoms with Crippen molar-refractivity contribution in [2.75, 3.05) is 13.1 Å². The first-order valence-electron chi connectivity index (χ1n) is 8.14. The Kier molecular flexibility index (Phi) is 7.85. The van der Waals surface area contributed by atoms with Gasteiger partial charge in [-0.25, -0.2) is 0 Å². The minimum Gasteiger partial charge on any atom is -0.337 e. The molecule has 0 fully saturated rings. The maximum atomic E-state index is 14.0. The van der Waals surface area contributed by atoms with Crippen LogP contribution in [-0.2, 0) is 4.79 Å². The van der Waals surface area contributed by atoms with Gasteiger partial charge in [-0.1, -0.05) is 27.7 Å². The van der Waals surface area contributed by atoms with Crippen molar-refractivity contribution in [1.29, 1.82) is 0 Å².